The summed E-state index contributed by atoms with van der Waals surface area (Å²) in [5, 5.41) is 6.29. The summed E-state index contributed by atoms with van der Waals surface area (Å²) >= 11 is 0. The maximum absolute atomic E-state index is 12.9. The van der Waals surface area contributed by atoms with E-state index in [1.54, 1.807) is 29.2 Å². The van der Waals surface area contributed by atoms with Gasteiger partial charge in [0, 0.05) is 44.4 Å². The number of likely N-dealkylation sites (tertiary alicyclic amines) is 1. The number of nitrogens with one attached hydrogen (secondary N) is 2. The molecule has 2 aliphatic rings. The van der Waals surface area contributed by atoms with Crippen molar-refractivity contribution in [3.05, 3.63) is 53.9 Å². The molecule has 2 aliphatic heterocycles. The summed E-state index contributed by atoms with van der Waals surface area (Å²) in [6.07, 6.45) is 5.71. The smallest absolute Gasteiger partial charge is 0.272 e. The molecule has 34 heavy (non-hydrogen) atoms. The third kappa shape index (κ3) is 6.12. The van der Waals surface area contributed by atoms with Crippen LogP contribution in [0, 0.1) is 0 Å². The van der Waals surface area contributed by atoms with Gasteiger partial charge in [0.2, 0.25) is 0 Å². The number of carbonyl (C=O) groups is 2. The number of carbonyl (C=O) groups excluding carboxylic acids is 2. The Bertz CT molecular complexity index is 1110. The second-order valence-electron chi connectivity index (χ2n) is 8.78. The van der Waals surface area contributed by atoms with Crippen LogP contribution in [-0.2, 0) is 9.84 Å². The largest absolute Gasteiger partial charge is 0.490 e. The van der Waals surface area contributed by atoms with Crippen molar-refractivity contribution < 1.29 is 22.7 Å². The number of sulfone groups is 1. The highest BCUT2D eigenvalue weighted by Crippen LogP contribution is 2.22. The predicted octanol–water partition coefficient (Wildman–Crippen LogP) is 1.65. The Kier molecular flexibility index (Phi) is 7.47. The Labute approximate surface area is 199 Å². The van der Waals surface area contributed by atoms with Crippen LogP contribution in [0.5, 0.6) is 5.75 Å². The lowest BCUT2D eigenvalue weighted by Crippen LogP contribution is -2.43. The lowest BCUT2D eigenvalue weighted by molar-refractivity contribution is 0.0589. The summed E-state index contributed by atoms with van der Waals surface area (Å²) in [5.74, 6) is 0.277. The van der Waals surface area contributed by atoms with Gasteiger partial charge in [-0.25, -0.2) is 8.42 Å². The Morgan fingerprint density at radius 1 is 1.03 bits per heavy atom. The highest BCUT2D eigenvalue weighted by molar-refractivity contribution is 7.90. The van der Waals surface area contributed by atoms with Gasteiger partial charge in [0.1, 0.15) is 17.5 Å². The summed E-state index contributed by atoms with van der Waals surface area (Å²) in [6.45, 7) is 2.86. The van der Waals surface area contributed by atoms with Crippen molar-refractivity contribution in [1.29, 1.82) is 0 Å². The second-order valence-corrected chi connectivity index (χ2v) is 10.8. The third-order valence-electron chi connectivity index (χ3n) is 6.20. The van der Waals surface area contributed by atoms with Gasteiger partial charge < -0.3 is 20.3 Å². The summed E-state index contributed by atoms with van der Waals surface area (Å²) in [7, 11) is -3.24. The second kappa shape index (κ2) is 10.5. The summed E-state index contributed by atoms with van der Waals surface area (Å²) < 4.78 is 29.1. The van der Waals surface area contributed by atoms with E-state index in [1.165, 1.54) is 24.6 Å². The Balaban J connectivity index is 1.27. The number of hydrogen-bond acceptors (Lipinski definition) is 7. The normalized spacial score (nSPS) is 17.9. The van der Waals surface area contributed by atoms with Crippen molar-refractivity contribution >= 4 is 21.7 Å². The zero-order valence-electron chi connectivity index (χ0n) is 19.2. The molecule has 9 nitrogen and oxygen atoms in total. The van der Waals surface area contributed by atoms with Crippen LogP contribution in [0.3, 0.4) is 0 Å². The van der Waals surface area contributed by atoms with Crippen molar-refractivity contribution in [2.24, 2.45) is 0 Å². The molecule has 2 N–H and O–H groups in total. The first-order chi connectivity index (χ1) is 16.3. The van der Waals surface area contributed by atoms with Crippen molar-refractivity contribution in [1.82, 2.24) is 20.5 Å². The zero-order valence-corrected chi connectivity index (χ0v) is 20.0. The van der Waals surface area contributed by atoms with E-state index in [-0.39, 0.29) is 28.9 Å². The Morgan fingerprint density at radius 3 is 2.29 bits per heavy atom. The molecule has 0 saturated carbocycles. The number of piperidine rings is 2. The topological polar surface area (TPSA) is 118 Å². The molecule has 10 heteroatoms. The summed E-state index contributed by atoms with van der Waals surface area (Å²) in [6, 6.07) is 9.78. The molecule has 3 heterocycles. The number of benzene rings is 1. The van der Waals surface area contributed by atoms with Crippen LogP contribution in [0.25, 0.3) is 0 Å². The molecule has 0 atom stereocenters. The van der Waals surface area contributed by atoms with Gasteiger partial charge in [-0.05, 0) is 62.3 Å². The van der Waals surface area contributed by atoms with Gasteiger partial charge in [0.25, 0.3) is 11.8 Å². The quantitative estimate of drug-likeness (QED) is 0.637. The van der Waals surface area contributed by atoms with Crippen LogP contribution in [0.1, 0.15) is 46.5 Å². The fourth-order valence-corrected chi connectivity index (χ4v) is 4.82. The van der Waals surface area contributed by atoms with E-state index in [2.05, 4.69) is 15.6 Å². The van der Waals surface area contributed by atoms with E-state index in [9.17, 15) is 18.0 Å². The molecule has 2 fully saturated rings. The fourth-order valence-electron chi connectivity index (χ4n) is 4.19. The summed E-state index contributed by atoms with van der Waals surface area (Å²) in [5.41, 5.74) is 0.762. The van der Waals surface area contributed by atoms with E-state index >= 15 is 0 Å². The lowest BCUT2D eigenvalue weighted by Gasteiger charge is -2.32. The van der Waals surface area contributed by atoms with Gasteiger partial charge in [-0.2, -0.15) is 0 Å². The molecule has 0 bridgehead atoms. The van der Waals surface area contributed by atoms with Crippen LogP contribution in [0.4, 0.5) is 0 Å². The molecule has 1 aromatic carbocycles. The van der Waals surface area contributed by atoms with E-state index < -0.39 is 9.84 Å². The maximum Gasteiger partial charge on any atom is 0.272 e. The summed E-state index contributed by atoms with van der Waals surface area (Å²) in [4.78, 5) is 31.5. The average molecular weight is 487 g/mol. The monoisotopic (exact) mass is 486 g/mol. The van der Waals surface area contributed by atoms with Gasteiger partial charge in [-0.3, -0.25) is 14.6 Å². The molecule has 0 unspecified atom stereocenters. The number of nitrogens with zero attached hydrogens (tertiary/aromatic N) is 2. The first kappa shape index (κ1) is 24.2. The molecule has 0 spiro atoms. The minimum absolute atomic E-state index is 0.0536. The molecule has 0 aliphatic carbocycles. The van der Waals surface area contributed by atoms with Crippen LogP contribution in [0.15, 0.2) is 47.5 Å². The van der Waals surface area contributed by atoms with E-state index in [0.717, 1.165) is 25.9 Å². The molecule has 2 aromatic rings. The Hall–Kier alpha value is -2.98. The minimum atomic E-state index is -3.24. The maximum atomic E-state index is 12.9. The van der Waals surface area contributed by atoms with Gasteiger partial charge in [-0.15, -0.1) is 0 Å². The highest BCUT2D eigenvalue weighted by atomic mass is 32.2. The molecule has 4 rings (SSSR count). The van der Waals surface area contributed by atoms with Gasteiger partial charge in [-0.1, -0.05) is 0 Å². The molecule has 2 amide bonds. The molecular formula is C24H30N4O5S. The number of rotatable bonds is 6. The number of amides is 2. The van der Waals surface area contributed by atoms with Crippen molar-refractivity contribution in [3.63, 3.8) is 0 Å². The molecule has 182 valence electrons. The van der Waals surface area contributed by atoms with E-state index in [1.807, 2.05) is 0 Å². The van der Waals surface area contributed by atoms with Gasteiger partial charge >= 0.3 is 0 Å². The number of pyridine rings is 1. The van der Waals surface area contributed by atoms with Crippen LogP contribution < -0.4 is 15.4 Å². The van der Waals surface area contributed by atoms with Gasteiger partial charge in [0.15, 0.2) is 9.84 Å². The standard InChI is InChI=1S/C24H30N4O5S/c1-34(31,32)21-5-3-19(4-6-21)33-20-10-14-28(15-11-20)24(30)22-7-2-17(16-26-22)23(29)27-18-8-12-25-13-9-18/h2-7,16,18,20,25H,8-15H2,1H3,(H,27,29). The number of hydrogen-bond donors (Lipinski definition) is 2. The van der Waals surface area contributed by atoms with E-state index in [4.69, 9.17) is 4.74 Å². The first-order valence-electron chi connectivity index (χ1n) is 11.5. The first-order valence-corrected chi connectivity index (χ1v) is 13.4. The van der Waals surface area contributed by atoms with Crippen LogP contribution >= 0.6 is 0 Å². The predicted molar refractivity (Wildman–Crippen MR) is 127 cm³/mol. The molecular weight excluding hydrogens is 456 g/mol. The Morgan fingerprint density at radius 2 is 1.71 bits per heavy atom. The van der Waals surface area contributed by atoms with Crippen LogP contribution in [0.2, 0.25) is 0 Å². The van der Waals surface area contributed by atoms with Gasteiger partial charge in [0.05, 0.1) is 10.5 Å². The molecule has 0 radical (unpaired) electrons. The highest BCUT2D eigenvalue weighted by Gasteiger charge is 2.26. The lowest BCUT2D eigenvalue weighted by atomic mass is 10.1. The zero-order chi connectivity index (χ0) is 24.1. The fraction of sp³-hybridized carbons (Fsp3) is 0.458. The van der Waals surface area contributed by atoms with Crippen molar-refractivity contribution in [3.8, 4) is 5.75 Å². The minimum Gasteiger partial charge on any atom is -0.490 e. The van der Waals surface area contributed by atoms with Crippen molar-refractivity contribution in [2.45, 2.75) is 42.7 Å². The number of ether oxygens (including phenoxy) is 1. The van der Waals surface area contributed by atoms with Crippen LogP contribution in [-0.4, -0.2) is 74.7 Å². The molecule has 1 aromatic heterocycles. The average Bonchev–Trinajstić information content (AvgIpc) is 2.84. The number of aromatic nitrogens is 1. The SMILES string of the molecule is CS(=O)(=O)c1ccc(OC2CCN(C(=O)c3ccc(C(=O)NC4CCNCC4)cn3)CC2)cc1. The van der Waals surface area contributed by atoms with E-state index in [0.29, 0.717) is 42.9 Å². The third-order valence-corrected chi connectivity index (χ3v) is 7.33. The molecule has 2 saturated heterocycles. The van der Waals surface area contributed by atoms with Crippen molar-refractivity contribution in [2.75, 3.05) is 32.4 Å².